The molecular weight excluding hydrogens is 260 g/mol. The molecule has 2 nitrogen and oxygen atoms in total. The third-order valence-electron chi connectivity index (χ3n) is 6.93. The summed E-state index contributed by atoms with van der Waals surface area (Å²) in [5.74, 6) is 2.15. The second-order valence-electron chi connectivity index (χ2n) is 7.75. The summed E-state index contributed by atoms with van der Waals surface area (Å²) in [6, 6.07) is 0. The lowest BCUT2D eigenvalue weighted by Crippen LogP contribution is -2.49. The van der Waals surface area contributed by atoms with Crippen LogP contribution in [-0.2, 0) is 9.59 Å². The molecule has 0 unspecified atom stereocenters. The molecule has 21 heavy (non-hydrogen) atoms. The third-order valence-corrected chi connectivity index (χ3v) is 6.93. The zero-order valence-electron chi connectivity index (χ0n) is 12.8. The van der Waals surface area contributed by atoms with E-state index < -0.39 is 0 Å². The molecule has 0 saturated heterocycles. The van der Waals surface area contributed by atoms with Gasteiger partial charge in [0, 0.05) is 17.3 Å². The van der Waals surface area contributed by atoms with Crippen molar-refractivity contribution in [3.63, 3.8) is 0 Å². The van der Waals surface area contributed by atoms with Crippen molar-refractivity contribution >= 4 is 11.6 Å². The number of Topliss-reactive ketones (excluding diaryl/α,β-unsaturated/α-hetero) is 1. The highest BCUT2D eigenvalue weighted by Gasteiger charge is 2.58. The van der Waals surface area contributed by atoms with Gasteiger partial charge >= 0.3 is 0 Å². The van der Waals surface area contributed by atoms with E-state index in [9.17, 15) is 9.59 Å². The van der Waals surface area contributed by atoms with Crippen molar-refractivity contribution in [3.05, 3.63) is 30.2 Å². The van der Waals surface area contributed by atoms with E-state index >= 15 is 0 Å². The van der Waals surface area contributed by atoms with E-state index in [2.05, 4.69) is 32.4 Å². The van der Waals surface area contributed by atoms with Gasteiger partial charge in [0.05, 0.1) is 6.42 Å². The van der Waals surface area contributed by atoms with Crippen LogP contribution in [0.1, 0.15) is 46.0 Å². The predicted molar refractivity (Wildman–Crippen MR) is 80.2 cm³/mol. The van der Waals surface area contributed by atoms with Gasteiger partial charge in [-0.05, 0) is 55.1 Å². The van der Waals surface area contributed by atoms with Gasteiger partial charge in [-0.3, -0.25) is 9.59 Å². The minimum Gasteiger partial charge on any atom is -0.299 e. The van der Waals surface area contributed by atoms with Crippen LogP contribution in [0.15, 0.2) is 23.8 Å². The largest absolute Gasteiger partial charge is 0.299 e. The number of rotatable bonds is 0. The summed E-state index contributed by atoms with van der Waals surface area (Å²) < 4.78 is 0. The van der Waals surface area contributed by atoms with E-state index in [1.165, 1.54) is 0 Å². The fourth-order valence-electron chi connectivity index (χ4n) is 5.63. The molecule has 0 heterocycles. The first-order valence-corrected chi connectivity index (χ1v) is 8.19. The molecule has 0 bridgehead atoms. The van der Waals surface area contributed by atoms with Crippen LogP contribution in [0.5, 0.6) is 0 Å². The second-order valence-corrected chi connectivity index (χ2v) is 7.75. The van der Waals surface area contributed by atoms with Crippen LogP contribution in [0, 0.1) is 35.0 Å². The van der Waals surface area contributed by atoms with Crippen molar-refractivity contribution in [3.8, 4) is 0 Å². The highest BCUT2D eigenvalue weighted by molar-refractivity contribution is 6.01. The van der Waals surface area contributed by atoms with E-state index in [1.807, 2.05) is 0 Å². The van der Waals surface area contributed by atoms with E-state index in [0.29, 0.717) is 23.5 Å². The molecule has 0 amide bonds. The van der Waals surface area contributed by atoms with Crippen LogP contribution in [0.2, 0.25) is 0 Å². The first-order chi connectivity index (χ1) is 9.95. The SMILES string of the molecule is C[C@]12C=CC(=O)[C]C1=CC[C@@H]1[C@@H]2CC[C@]2(C)C(=O)CC[C@@H]12. The molecule has 4 rings (SSSR count). The maximum absolute atomic E-state index is 12.3. The van der Waals surface area contributed by atoms with Gasteiger partial charge in [-0.2, -0.15) is 0 Å². The third kappa shape index (κ3) is 1.65. The van der Waals surface area contributed by atoms with Crippen LogP contribution in [0.3, 0.4) is 0 Å². The Labute approximate surface area is 126 Å². The molecule has 0 aromatic rings. The molecule has 0 N–H and O–H groups in total. The Kier molecular flexibility index (Phi) is 2.68. The maximum atomic E-state index is 12.3. The highest BCUT2D eigenvalue weighted by atomic mass is 16.1. The Morgan fingerprint density at radius 2 is 2.00 bits per heavy atom. The van der Waals surface area contributed by atoms with E-state index in [0.717, 1.165) is 37.7 Å². The Balaban J connectivity index is 1.74. The zero-order valence-corrected chi connectivity index (χ0v) is 12.8. The van der Waals surface area contributed by atoms with Crippen LogP contribution in [0.4, 0.5) is 0 Å². The Morgan fingerprint density at radius 1 is 1.19 bits per heavy atom. The summed E-state index contributed by atoms with van der Waals surface area (Å²) in [6.07, 6.45) is 14.0. The summed E-state index contributed by atoms with van der Waals surface area (Å²) in [7, 11) is 0. The van der Waals surface area contributed by atoms with Gasteiger partial charge in [0.2, 0.25) is 0 Å². The minimum absolute atomic E-state index is 0.00568. The Bertz CT molecular complexity index is 584. The lowest BCUT2D eigenvalue weighted by atomic mass is 9.49. The van der Waals surface area contributed by atoms with Crippen LogP contribution < -0.4 is 0 Å². The van der Waals surface area contributed by atoms with Crippen molar-refractivity contribution < 1.29 is 9.59 Å². The van der Waals surface area contributed by atoms with Crippen LogP contribution >= 0.6 is 0 Å². The molecule has 2 fully saturated rings. The van der Waals surface area contributed by atoms with Gasteiger partial charge in [0.1, 0.15) is 5.78 Å². The summed E-state index contributed by atoms with van der Waals surface area (Å²) in [6.45, 7) is 4.45. The van der Waals surface area contributed by atoms with Crippen molar-refractivity contribution in [1.29, 1.82) is 0 Å². The minimum atomic E-state index is -0.0789. The van der Waals surface area contributed by atoms with Gasteiger partial charge in [-0.15, -0.1) is 0 Å². The van der Waals surface area contributed by atoms with Crippen LogP contribution in [0.25, 0.3) is 0 Å². The molecule has 4 aliphatic carbocycles. The number of allylic oxidation sites excluding steroid dienone is 4. The molecule has 4 aliphatic rings. The molecular formula is C19H22O2. The Hall–Kier alpha value is -1.18. The smallest absolute Gasteiger partial charge is 0.168 e. The number of hydrogen-bond acceptors (Lipinski definition) is 2. The maximum Gasteiger partial charge on any atom is 0.168 e. The standard InChI is InChI=1S/C19H22O2/c1-18-9-7-13(20)11-12(18)3-4-14-15-5-6-17(21)19(15,2)10-8-16(14)18/h3,7,9,14-16H,4-6,8,10H2,1-2H3/t14-,15-,16-,18-,19-/m0/s1. The van der Waals surface area contributed by atoms with Crippen molar-refractivity contribution in [2.45, 2.75) is 46.0 Å². The number of hydrogen-bond donors (Lipinski definition) is 0. The first kappa shape index (κ1) is 13.5. The summed E-state index contributed by atoms with van der Waals surface area (Å²) in [5, 5.41) is 0. The summed E-state index contributed by atoms with van der Waals surface area (Å²) in [4.78, 5) is 23.9. The molecule has 5 atom stereocenters. The van der Waals surface area contributed by atoms with Gasteiger partial charge in [0.25, 0.3) is 0 Å². The van der Waals surface area contributed by atoms with Gasteiger partial charge in [-0.25, -0.2) is 0 Å². The lowest BCUT2D eigenvalue weighted by molar-refractivity contribution is -0.131. The first-order valence-electron chi connectivity index (χ1n) is 8.19. The van der Waals surface area contributed by atoms with Crippen LogP contribution in [-0.4, -0.2) is 11.6 Å². The summed E-state index contributed by atoms with van der Waals surface area (Å²) >= 11 is 0. The molecule has 2 heteroatoms. The summed E-state index contributed by atoms with van der Waals surface area (Å²) in [5.41, 5.74) is 0.957. The molecule has 0 aliphatic heterocycles. The van der Waals surface area contributed by atoms with Crippen molar-refractivity contribution in [2.75, 3.05) is 0 Å². The fourth-order valence-corrected chi connectivity index (χ4v) is 5.63. The molecule has 0 spiro atoms. The Morgan fingerprint density at radius 3 is 2.81 bits per heavy atom. The fraction of sp³-hybridized carbons (Fsp3) is 0.632. The molecule has 2 saturated carbocycles. The number of carbonyl (C=O) groups is 2. The highest BCUT2D eigenvalue weighted by Crippen LogP contribution is 2.62. The van der Waals surface area contributed by atoms with Crippen molar-refractivity contribution in [2.24, 2.45) is 28.6 Å². The monoisotopic (exact) mass is 282 g/mol. The van der Waals surface area contributed by atoms with E-state index in [4.69, 9.17) is 0 Å². The molecule has 2 radical (unpaired) electrons. The topological polar surface area (TPSA) is 34.1 Å². The van der Waals surface area contributed by atoms with Gasteiger partial charge in [0.15, 0.2) is 5.78 Å². The van der Waals surface area contributed by atoms with Crippen molar-refractivity contribution in [1.82, 2.24) is 0 Å². The molecule has 0 aromatic carbocycles. The second kappa shape index (κ2) is 4.18. The number of ketones is 2. The van der Waals surface area contributed by atoms with Gasteiger partial charge < -0.3 is 0 Å². The van der Waals surface area contributed by atoms with E-state index in [-0.39, 0.29) is 16.6 Å². The predicted octanol–water partition coefficient (Wildman–Crippen LogP) is 3.55. The number of fused-ring (bicyclic) bond motifs is 5. The average molecular weight is 282 g/mol. The van der Waals surface area contributed by atoms with E-state index in [1.54, 1.807) is 6.08 Å². The molecule has 0 aromatic heterocycles. The normalized spacial score (nSPS) is 48.5. The average Bonchev–Trinajstić information content (AvgIpc) is 2.76. The lowest BCUT2D eigenvalue weighted by Gasteiger charge is -2.54. The van der Waals surface area contributed by atoms with Gasteiger partial charge in [-0.1, -0.05) is 26.0 Å². The quantitative estimate of drug-likeness (QED) is 0.681. The molecule has 110 valence electrons. The zero-order chi connectivity index (χ0) is 14.8. The number of carbonyl (C=O) groups excluding carboxylic acids is 2.